The molecular formula is C18H20N4O3. The molecule has 7 heteroatoms. The molecule has 0 N–H and O–H groups in total. The normalized spacial score (nSPS) is 20.1. The molecule has 25 heavy (non-hydrogen) atoms. The summed E-state index contributed by atoms with van der Waals surface area (Å²) in [7, 11) is 0. The van der Waals surface area contributed by atoms with E-state index < -0.39 is 6.10 Å². The van der Waals surface area contributed by atoms with Gasteiger partial charge in [0.1, 0.15) is 6.61 Å². The van der Waals surface area contributed by atoms with Gasteiger partial charge in [0.05, 0.1) is 0 Å². The number of ether oxygens (including phenoxy) is 2. The van der Waals surface area contributed by atoms with E-state index in [1.54, 1.807) is 6.20 Å². The molecule has 2 aromatic rings. The van der Waals surface area contributed by atoms with E-state index in [1.165, 1.54) is 0 Å². The summed E-state index contributed by atoms with van der Waals surface area (Å²) < 4.78 is 11.5. The molecular weight excluding hydrogens is 320 g/mol. The third kappa shape index (κ3) is 3.35. The SMILES string of the molecule is O=C(C1COc2ccccc2O1)N1CCCN(c2cccnn2)CC1. The number of carbonyl (C=O) groups is 1. The molecule has 1 aromatic carbocycles. The van der Waals surface area contributed by atoms with E-state index in [4.69, 9.17) is 9.47 Å². The van der Waals surface area contributed by atoms with Crippen LogP contribution in [0.5, 0.6) is 11.5 Å². The van der Waals surface area contributed by atoms with Gasteiger partial charge in [-0.15, -0.1) is 5.10 Å². The molecule has 1 amide bonds. The number of anilines is 1. The lowest BCUT2D eigenvalue weighted by molar-refractivity contribution is -0.141. The van der Waals surface area contributed by atoms with Crippen LogP contribution in [0.25, 0.3) is 0 Å². The number of hydrogen-bond acceptors (Lipinski definition) is 6. The first kappa shape index (κ1) is 15.7. The molecule has 7 nitrogen and oxygen atoms in total. The van der Waals surface area contributed by atoms with E-state index in [0.29, 0.717) is 24.6 Å². The number of amides is 1. The first-order chi connectivity index (χ1) is 12.3. The van der Waals surface area contributed by atoms with E-state index in [0.717, 1.165) is 25.3 Å². The lowest BCUT2D eigenvalue weighted by Gasteiger charge is -2.30. The average molecular weight is 340 g/mol. The summed E-state index contributed by atoms with van der Waals surface area (Å²) in [5.74, 6) is 2.15. The van der Waals surface area contributed by atoms with E-state index in [-0.39, 0.29) is 12.5 Å². The smallest absolute Gasteiger partial charge is 0.267 e. The predicted molar refractivity (Wildman–Crippen MR) is 91.8 cm³/mol. The highest BCUT2D eigenvalue weighted by molar-refractivity contribution is 5.82. The quantitative estimate of drug-likeness (QED) is 0.822. The van der Waals surface area contributed by atoms with Gasteiger partial charge in [-0.25, -0.2) is 0 Å². The first-order valence-electron chi connectivity index (χ1n) is 8.51. The van der Waals surface area contributed by atoms with Crippen LogP contribution in [-0.4, -0.2) is 59.9 Å². The van der Waals surface area contributed by atoms with Crippen LogP contribution in [0.15, 0.2) is 42.6 Å². The maximum absolute atomic E-state index is 12.8. The van der Waals surface area contributed by atoms with Crippen molar-refractivity contribution in [1.82, 2.24) is 15.1 Å². The second-order valence-corrected chi connectivity index (χ2v) is 6.11. The second-order valence-electron chi connectivity index (χ2n) is 6.11. The van der Waals surface area contributed by atoms with Gasteiger partial charge in [0.2, 0.25) is 6.10 Å². The monoisotopic (exact) mass is 340 g/mol. The summed E-state index contributed by atoms with van der Waals surface area (Å²) in [5, 5.41) is 8.09. The van der Waals surface area contributed by atoms with Crippen molar-refractivity contribution in [1.29, 1.82) is 0 Å². The Morgan fingerprint density at radius 2 is 1.92 bits per heavy atom. The van der Waals surface area contributed by atoms with Crippen molar-refractivity contribution >= 4 is 11.7 Å². The van der Waals surface area contributed by atoms with E-state index in [9.17, 15) is 4.79 Å². The molecule has 0 aliphatic carbocycles. The second kappa shape index (κ2) is 6.96. The van der Waals surface area contributed by atoms with Crippen LogP contribution in [0.3, 0.4) is 0 Å². The number of aromatic nitrogens is 2. The number of nitrogens with zero attached hydrogens (tertiary/aromatic N) is 4. The fourth-order valence-corrected chi connectivity index (χ4v) is 3.17. The minimum absolute atomic E-state index is 0.0181. The van der Waals surface area contributed by atoms with E-state index in [2.05, 4.69) is 15.1 Å². The minimum Gasteiger partial charge on any atom is -0.485 e. The van der Waals surface area contributed by atoms with Gasteiger partial charge in [-0.2, -0.15) is 5.10 Å². The Bertz CT molecular complexity index is 740. The molecule has 0 spiro atoms. The zero-order valence-electron chi connectivity index (χ0n) is 13.9. The fourth-order valence-electron chi connectivity index (χ4n) is 3.17. The van der Waals surface area contributed by atoms with E-state index in [1.807, 2.05) is 41.3 Å². The van der Waals surface area contributed by atoms with Crippen molar-refractivity contribution < 1.29 is 14.3 Å². The molecule has 3 heterocycles. The molecule has 1 unspecified atom stereocenters. The van der Waals surface area contributed by atoms with Gasteiger partial charge in [-0.05, 0) is 30.7 Å². The van der Waals surface area contributed by atoms with Gasteiger partial charge in [-0.3, -0.25) is 4.79 Å². The summed E-state index contributed by atoms with van der Waals surface area (Å²) in [6.45, 7) is 3.18. The third-order valence-electron chi connectivity index (χ3n) is 4.47. The van der Waals surface area contributed by atoms with Crippen LogP contribution in [0.2, 0.25) is 0 Å². The van der Waals surface area contributed by atoms with Crippen molar-refractivity contribution in [2.45, 2.75) is 12.5 Å². The standard InChI is InChI=1S/C18H20N4O3/c23-18(16-13-24-14-5-1-2-6-15(14)25-16)22-10-4-9-21(11-12-22)17-7-3-8-19-20-17/h1-3,5-8,16H,4,9-13H2. The molecule has 130 valence electrons. The summed E-state index contributed by atoms with van der Waals surface area (Å²) in [5.41, 5.74) is 0. The summed E-state index contributed by atoms with van der Waals surface area (Å²) in [6, 6.07) is 11.3. The molecule has 0 bridgehead atoms. The number of rotatable bonds is 2. The Balaban J connectivity index is 1.40. The zero-order valence-corrected chi connectivity index (χ0v) is 13.9. The van der Waals surface area contributed by atoms with Gasteiger partial charge in [0, 0.05) is 32.4 Å². The predicted octanol–water partition coefficient (Wildman–Crippen LogP) is 1.36. The Labute approximate surface area is 146 Å². The van der Waals surface area contributed by atoms with Gasteiger partial charge in [0.25, 0.3) is 5.91 Å². The molecule has 1 aromatic heterocycles. The van der Waals surface area contributed by atoms with Crippen LogP contribution in [0.4, 0.5) is 5.82 Å². The highest BCUT2D eigenvalue weighted by Crippen LogP contribution is 2.31. The van der Waals surface area contributed by atoms with Crippen molar-refractivity contribution in [3.05, 3.63) is 42.6 Å². The Morgan fingerprint density at radius 3 is 2.76 bits per heavy atom. The largest absolute Gasteiger partial charge is 0.485 e. The first-order valence-corrected chi connectivity index (χ1v) is 8.51. The van der Waals surface area contributed by atoms with Crippen LogP contribution in [0.1, 0.15) is 6.42 Å². The van der Waals surface area contributed by atoms with Crippen molar-refractivity contribution in [2.24, 2.45) is 0 Å². The van der Waals surface area contributed by atoms with Crippen LogP contribution in [0, 0.1) is 0 Å². The molecule has 1 fully saturated rings. The van der Waals surface area contributed by atoms with Crippen LogP contribution < -0.4 is 14.4 Å². The highest BCUT2D eigenvalue weighted by Gasteiger charge is 2.32. The minimum atomic E-state index is -0.585. The van der Waals surface area contributed by atoms with Crippen molar-refractivity contribution in [3.8, 4) is 11.5 Å². The van der Waals surface area contributed by atoms with Gasteiger partial charge < -0.3 is 19.3 Å². The van der Waals surface area contributed by atoms with Crippen molar-refractivity contribution in [3.63, 3.8) is 0 Å². The lowest BCUT2D eigenvalue weighted by Crippen LogP contribution is -2.47. The maximum Gasteiger partial charge on any atom is 0.267 e. The van der Waals surface area contributed by atoms with Crippen LogP contribution >= 0.6 is 0 Å². The fraction of sp³-hybridized carbons (Fsp3) is 0.389. The molecule has 2 aliphatic rings. The Kier molecular flexibility index (Phi) is 4.37. The number of fused-ring (bicyclic) bond motifs is 1. The summed E-state index contributed by atoms with van der Waals surface area (Å²) in [6.07, 6.45) is 1.96. The molecule has 1 atom stereocenters. The Morgan fingerprint density at radius 1 is 1.04 bits per heavy atom. The lowest BCUT2D eigenvalue weighted by atomic mass is 10.2. The zero-order chi connectivity index (χ0) is 17.1. The molecule has 0 radical (unpaired) electrons. The number of para-hydroxylation sites is 2. The third-order valence-corrected chi connectivity index (χ3v) is 4.47. The molecule has 1 saturated heterocycles. The number of benzene rings is 1. The van der Waals surface area contributed by atoms with Gasteiger partial charge in [-0.1, -0.05) is 12.1 Å². The number of carbonyl (C=O) groups excluding carboxylic acids is 1. The average Bonchev–Trinajstić information content (AvgIpc) is 2.94. The number of hydrogen-bond donors (Lipinski definition) is 0. The van der Waals surface area contributed by atoms with Crippen molar-refractivity contribution in [2.75, 3.05) is 37.7 Å². The molecule has 4 rings (SSSR count). The molecule has 2 aliphatic heterocycles. The summed E-state index contributed by atoms with van der Waals surface area (Å²) in [4.78, 5) is 16.9. The topological polar surface area (TPSA) is 67.8 Å². The van der Waals surface area contributed by atoms with E-state index >= 15 is 0 Å². The Hall–Kier alpha value is -2.83. The van der Waals surface area contributed by atoms with Gasteiger partial charge in [0.15, 0.2) is 17.3 Å². The maximum atomic E-state index is 12.8. The van der Waals surface area contributed by atoms with Gasteiger partial charge >= 0.3 is 0 Å². The highest BCUT2D eigenvalue weighted by atomic mass is 16.6. The summed E-state index contributed by atoms with van der Waals surface area (Å²) >= 11 is 0. The molecule has 0 saturated carbocycles. The van der Waals surface area contributed by atoms with Crippen LogP contribution in [-0.2, 0) is 4.79 Å².